The Bertz CT molecular complexity index is 1120. The number of aryl methyl sites for hydroxylation is 1. The van der Waals surface area contributed by atoms with Crippen LogP contribution in [0.4, 0.5) is 26.3 Å². The summed E-state index contributed by atoms with van der Waals surface area (Å²) in [5, 5.41) is 5.83. The normalized spacial score (nSPS) is 20.0. The van der Waals surface area contributed by atoms with E-state index in [-0.39, 0.29) is 11.7 Å². The molecule has 6 nitrogen and oxygen atoms in total. The summed E-state index contributed by atoms with van der Waals surface area (Å²) in [5.74, 6) is -1.62. The van der Waals surface area contributed by atoms with Gasteiger partial charge in [-0.05, 0) is 49.8 Å². The predicted molar refractivity (Wildman–Crippen MR) is 105 cm³/mol. The number of nitrogens with zero attached hydrogens (tertiary/aromatic N) is 2. The topological polar surface area (TPSA) is 81.1 Å². The average Bonchev–Trinajstić information content (AvgIpc) is 3.11. The summed E-state index contributed by atoms with van der Waals surface area (Å²) in [6, 6.07) is 3.09. The van der Waals surface area contributed by atoms with E-state index in [4.69, 9.17) is 0 Å². The van der Waals surface area contributed by atoms with Gasteiger partial charge in [-0.15, -0.1) is 0 Å². The number of halogens is 6. The standard InChI is InChI=1S/C20H21F6N3O3S/c1-29-10-16(17(28-29)20(24,25)26)18(30)27-14-7-5-12(6-8-14)11-33(31,32)15-4-2-3-13(9-15)19(21,22)23/h2-4,9-10,12,14H,5-8,11H2,1H3,(H,27,30). The largest absolute Gasteiger partial charge is 0.435 e. The third-order valence-electron chi connectivity index (χ3n) is 5.50. The molecule has 1 saturated carbocycles. The fourth-order valence-electron chi connectivity index (χ4n) is 3.87. The van der Waals surface area contributed by atoms with Crippen LogP contribution < -0.4 is 5.32 Å². The molecule has 0 radical (unpaired) electrons. The molecule has 1 aliphatic carbocycles. The highest BCUT2D eigenvalue weighted by atomic mass is 32.2. The van der Waals surface area contributed by atoms with Crippen LogP contribution in [0.15, 0.2) is 35.4 Å². The molecule has 1 heterocycles. The number of hydrogen-bond donors (Lipinski definition) is 1. The van der Waals surface area contributed by atoms with Crippen LogP contribution in [-0.4, -0.2) is 35.9 Å². The number of rotatable bonds is 5. The first-order chi connectivity index (χ1) is 15.2. The molecular weight excluding hydrogens is 476 g/mol. The molecule has 0 bridgehead atoms. The van der Waals surface area contributed by atoms with Gasteiger partial charge < -0.3 is 5.32 Å². The van der Waals surface area contributed by atoms with Gasteiger partial charge in [-0.3, -0.25) is 9.48 Å². The van der Waals surface area contributed by atoms with E-state index in [1.54, 1.807) is 0 Å². The van der Waals surface area contributed by atoms with Crippen molar-refractivity contribution in [1.29, 1.82) is 0 Å². The molecule has 0 saturated heterocycles. The SMILES string of the molecule is Cn1cc(C(=O)NC2CCC(CS(=O)(=O)c3cccc(C(F)(F)F)c3)CC2)c(C(F)(F)F)n1. The molecule has 1 aromatic carbocycles. The minimum atomic E-state index is -4.79. The first kappa shape index (κ1) is 25.1. The number of amides is 1. The van der Waals surface area contributed by atoms with E-state index in [2.05, 4.69) is 10.4 Å². The van der Waals surface area contributed by atoms with Gasteiger partial charge in [0.25, 0.3) is 5.91 Å². The Labute approximate surface area is 185 Å². The second-order valence-electron chi connectivity index (χ2n) is 8.06. The summed E-state index contributed by atoms with van der Waals surface area (Å²) in [5.41, 5.74) is -2.94. The van der Waals surface area contributed by atoms with E-state index in [1.165, 1.54) is 7.05 Å². The van der Waals surface area contributed by atoms with Crippen molar-refractivity contribution >= 4 is 15.7 Å². The lowest BCUT2D eigenvalue weighted by molar-refractivity contribution is -0.141. The van der Waals surface area contributed by atoms with Gasteiger partial charge in [0.1, 0.15) is 0 Å². The number of carbonyl (C=O) groups excluding carboxylic acids is 1. The number of aromatic nitrogens is 2. The van der Waals surface area contributed by atoms with Gasteiger partial charge in [0.2, 0.25) is 0 Å². The number of benzene rings is 1. The van der Waals surface area contributed by atoms with E-state index in [0.29, 0.717) is 31.7 Å². The van der Waals surface area contributed by atoms with Gasteiger partial charge in [-0.25, -0.2) is 8.42 Å². The minimum absolute atomic E-state index is 0.329. The molecule has 0 spiro atoms. The van der Waals surface area contributed by atoms with E-state index >= 15 is 0 Å². The Morgan fingerprint density at radius 1 is 1.09 bits per heavy atom. The predicted octanol–water partition coefficient (Wildman–Crippen LogP) is 4.22. The van der Waals surface area contributed by atoms with Gasteiger partial charge >= 0.3 is 12.4 Å². The van der Waals surface area contributed by atoms with Crippen molar-refractivity contribution in [2.24, 2.45) is 13.0 Å². The summed E-state index contributed by atoms with van der Waals surface area (Å²) < 4.78 is 104. The van der Waals surface area contributed by atoms with Crippen LogP contribution >= 0.6 is 0 Å². The number of sulfone groups is 1. The van der Waals surface area contributed by atoms with Crippen molar-refractivity contribution in [2.75, 3.05) is 5.75 Å². The molecule has 182 valence electrons. The number of alkyl halides is 6. The number of carbonyl (C=O) groups is 1. The summed E-state index contributed by atoms with van der Waals surface area (Å²) >= 11 is 0. The molecule has 1 fully saturated rings. The van der Waals surface area contributed by atoms with Crippen molar-refractivity contribution in [3.8, 4) is 0 Å². The molecular formula is C20H21F6N3O3S. The van der Waals surface area contributed by atoms with Crippen molar-refractivity contribution in [2.45, 2.75) is 49.0 Å². The van der Waals surface area contributed by atoms with Crippen LogP contribution in [0.25, 0.3) is 0 Å². The summed E-state index contributed by atoms with van der Waals surface area (Å²) in [6.45, 7) is 0. The van der Waals surface area contributed by atoms with Crippen LogP contribution in [-0.2, 0) is 29.2 Å². The summed E-state index contributed by atoms with van der Waals surface area (Å²) in [6.07, 6.45) is -7.12. The van der Waals surface area contributed by atoms with Gasteiger partial charge in [0.05, 0.1) is 21.8 Å². The Morgan fingerprint density at radius 2 is 1.73 bits per heavy atom. The molecule has 1 amide bonds. The number of nitrogens with one attached hydrogen (secondary N) is 1. The molecule has 3 rings (SSSR count). The zero-order valence-electron chi connectivity index (χ0n) is 17.4. The van der Waals surface area contributed by atoms with Gasteiger partial charge in [0.15, 0.2) is 15.5 Å². The average molecular weight is 497 g/mol. The Balaban J connectivity index is 1.60. The zero-order valence-corrected chi connectivity index (χ0v) is 18.2. The highest BCUT2D eigenvalue weighted by Gasteiger charge is 2.39. The maximum absolute atomic E-state index is 13.1. The zero-order chi connectivity index (χ0) is 24.6. The molecule has 0 unspecified atom stereocenters. The van der Waals surface area contributed by atoms with E-state index in [0.717, 1.165) is 29.1 Å². The lowest BCUT2D eigenvalue weighted by Gasteiger charge is -2.29. The molecule has 33 heavy (non-hydrogen) atoms. The van der Waals surface area contributed by atoms with E-state index in [9.17, 15) is 39.6 Å². The Morgan fingerprint density at radius 3 is 2.30 bits per heavy atom. The van der Waals surface area contributed by atoms with Crippen LogP contribution in [0, 0.1) is 5.92 Å². The summed E-state index contributed by atoms with van der Waals surface area (Å²) in [7, 11) is -2.70. The first-order valence-electron chi connectivity index (χ1n) is 9.98. The molecule has 2 aromatic rings. The second kappa shape index (κ2) is 8.99. The lowest BCUT2D eigenvalue weighted by Crippen LogP contribution is -2.39. The highest BCUT2D eigenvalue weighted by molar-refractivity contribution is 7.91. The molecule has 0 atom stereocenters. The van der Waals surface area contributed by atoms with Crippen molar-refractivity contribution in [3.63, 3.8) is 0 Å². The lowest BCUT2D eigenvalue weighted by atomic mass is 9.87. The molecule has 1 aliphatic rings. The van der Waals surface area contributed by atoms with Gasteiger partial charge in [0, 0.05) is 19.3 Å². The monoisotopic (exact) mass is 497 g/mol. The van der Waals surface area contributed by atoms with Crippen LogP contribution in [0.3, 0.4) is 0 Å². The maximum atomic E-state index is 13.1. The van der Waals surface area contributed by atoms with Crippen molar-refractivity contribution < 1.29 is 39.6 Å². The van der Waals surface area contributed by atoms with E-state index in [1.807, 2.05) is 0 Å². The quantitative estimate of drug-likeness (QED) is 0.628. The molecule has 13 heteroatoms. The third kappa shape index (κ3) is 6.06. The van der Waals surface area contributed by atoms with Crippen molar-refractivity contribution in [3.05, 3.63) is 47.3 Å². The van der Waals surface area contributed by atoms with Gasteiger partial charge in [-0.1, -0.05) is 6.07 Å². The van der Waals surface area contributed by atoms with Crippen LogP contribution in [0.5, 0.6) is 0 Å². The number of hydrogen-bond acceptors (Lipinski definition) is 4. The molecule has 1 N–H and O–H groups in total. The van der Waals surface area contributed by atoms with E-state index < -0.39 is 55.9 Å². The fourth-order valence-corrected chi connectivity index (χ4v) is 5.61. The minimum Gasteiger partial charge on any atom is -0.349 e. The first-order valence-corrected chi connectivity index (χ1v) is 11.6. The maximum Gasteiger partial charge on any atom is 0.435 e. The molecule has 0 aliphatic heterocycles. The van der Waals surface area contributed by atoms with Crippen LogP contribution in [0.1, 0.15) is 47.3 Å². The Hall–Kier alpha value is -2.57. The van der Waals surface area contributed by atoms with Gasteiger partial charge in [-0.2, -0.15) is 31.4 Å². The van der Waals surface area contributed by atoms with Crippen LogP contribution in [0.2, 0.25) is 0 Å². The second-order valence-corrected chi connectivity index (χ2v) is 10.1. The Kier molecular flexibility index (Phi) is 6.83. The third-order valence-corrected chi connectivity index (χ3v) is 7.38. The fraction of sp³-hybridized carbons (Fsp3) is 0.500. The van der Waals surface area contributed by atoms with Crippen molar-refractivity contribution in [1.82, 2.24) is 15.1 Å². The highest BCUT2D eigenvalue weighted by Crippen LogP contribution is 2.33. The molecule has 1 aromatic heterocycles. The smallest absolute Gasteiger partial charge is 0.349 e. The summed E-state index contributed by atoms with van der Waals surface area (Å²) in [4.78, 5) is 11.9.